The normalized spacial score (nSPS) is 17.2. The van der Waals surface area contributed by atoms with Gasteiger partial charge in [0, 0.05) is 25.1 Å². The standard InChI is InChI=1S/C42H30N8O4/c51-41(27-15-17-29-35(25-27)49-39(33-13-3-7-21-45-33)37(47-29)31-11-1-5-19-43-31)53-23-9-10-24-54-42(52)28-16-18-30-36(26-28)50-40(34-14-4-8-22-46-34)38(48-30)32-12-2-6-20-44-32/h1-7,11-21,25-26,29,35H,8,22-24H2. The first-order valence-corrected chi connectivity index (χ1v) is 17.2. The van der Waals surface area contributed by atoms with Crippen molar-refractivity contribution in [2.45, 2.75) is 18.5 Å². The molecule has 5 aromatic rings. The van der Waals surface area contributed by atoms with Gasteiger partial charge in [-0.15, -0.1) is 0 Å². The van der Waals surface area contributed by atoms with E-state index in [1.807, 2.05) is 72.8 Å². The first kappa shape index (κ1) is 33.9. The highest BCUT2D eigenvalue weighted by Crippen LogP contribution is 2.26. The molecule has 0 radical (unpaired) electrons. The van der Waals surface area contributed by atoms with E-state index in [2.05, 4.69) is 31.8 Å². The van der Waals surface area contributed by atoms with Gasteiger partial charge < -0.3 is 9.47 Å². The van der Waals surface area contributed by atoms with Crippen LogP contribution in [0.25, 0.3) is 22.4 Å². The van der Waals surface area contributed by atoms with Gasteiger partial charge in [-0.3, -0.25) is 29.9 Å². The Morgan fingerprint density at radius 3 is 1.98 bits per heavy atom. The third-order valence-electron chi connectivity index (χ3n) is 8.58. The maximum absolute atomic E-state index is 12.9. The second-order valence-corrected chi connectivity index (χ2v) is 12.2. The van der Waals surface area contributed by atoms with Gasteiger partial charge in [-0.25, -0.2) is 19.6 Å². The second-order valence-electron chi connectivity index (χ2n) is 12.2. The van der Waals surface area contributed by atoms with Gasteiger partial charge in [0.05, 0.1) is 57.0 Å². The first-order valence-electron chi connectivity index (χ1n) is 17.2. The maximum Gasteiger partial charge on any atom is 0.339 e. The second kappa shape index (κ2) is 15.5. The first-order chi connectivity index (χ1) is 26.6. The minimum Gasteiger partial charge on any atom is -0.449 e. The van der Waals surface area contributed by atoms with Gasteiger partial charge in [0.15, 0.2) is 13.2 Å². The van der Waals surface area contributed by atoms with Gasteiger partial charge in [-0.2, -0.15) is 0 Å². The summed E-state index contributed by atoms with van der Waals surface area (Å²) in [5, 5.41) is 0. The third-order valence-corrected chi connectivity index (χ3v) is 8.58. The van der Waals surface area contributed by atoms with E-state index < -0.39 is 18.0 Å². The number of esters is 2. The molecule has 0 fully saturated rings. The van der Waals surface area contributed by atoms with Crippen LogP contribution in [0.1, 0.15) is 33.9 Å². The van der Waals surface area contributed by atoms with Crippen molar-refractivity contribution >= 4 is 40.1 Å². The number of aromatic nitrogens is 5. The highest BCUT2D eigenvalue weighted by Gasteiger charge is 2.31. The summed E-state index contributed by atoms with van der Waals surface area (Å²) in [5.41, 5.74) is 6.92. The minimum atomic E-state index is -0.575. The molecule has 6 heterocycles. The van der Waals surface area contributed by atoms with Crippen molar-refractivity contribution in [3.8, 4) is 23.2 Å². The van der Waals surface area contributed by atoms with E-state index in [1.54, 1.807) is 48.9 Å². The summed E-state index contributed by atoms with van der Waals surface area (Å²) < 4.78 is 10.8. The summed E-state index contributed by atoms with van der Waals surface area (Å²) in [7, 11) is 0. The molecule has 12 heteroatoms. The zero-order valence-electron chi connectivity index (χ0n) is 28.7. The molecule has 2 aliphatic heterocycles. The number of aliphatic imine (C=N–C) groups is 3. The van der Waals surface area contributed by atoms with Gasteiger partial charge >= 0.3 is 11.9 Å². The molecular formula is C42H30N8O4. The molecule has 0 N–H and O–H groups in total. The number of hydrogen-bond acceptors (Lipinski definition) is 12. The summed E-state index contributed by atoms with van der Waals surface area (Å²) >= 11 is 0. The molecule has 2 unspecified atom stereocenters. The Bertz CT molecular complexity index is 2500. The van der Waals surface area contributed by atoms with Crippen LogP contribution in [-0.2, 0) is 14.3 Å². The maximum atomic E-state index is 12.9. The van der Waals surface area contributed by atoms with E-state index >= 15 is 0 Å². The van der Waals surface area contributed by atoms with Crippen molar-refractivity contribution in [2.75, 3.05) is 19.8 Å². The quantitative estimate of drug-likeness (QED) is 0.157. The summed E-state index contributed by atoms with van der Waals surface area (Å²) in [6.45, 7) is 0.272. The van der Waals surface area contributed by atoms with E-state index in [0.717, 1.165) is 6.42 Å². The largest absolute Gasteiger partial charge is 0.449 e. The molecule has 8 rings (SSSR count). The molecule has 12 nitrogen and oxygen atoms in total. The Balaban J connectivity index is 0.898. The minimum absolute atomic E-state index is 0.189. The van der Waals surface area contributed by atoms with Gasteiger partial charge in [0.1, 0.15) is 22.8 Å². The third kappa shape index (κ3) is 7.37. The van der Waals surface area contributed by atoms with Crippen LogP contribution in [0.15, 0.2) is 142 Å². The van der Waals surface area contributed by atoms with Crippen molar-refractivity contribution in [1.82, 2.24) is 24.9 Å². The van der Waals surface area contributed by atoms with Crippen molar-refractivity contribution in [2.24, 2.45) is 15.0 Å². The molecule has 1 aliphatic carbocycles. The number of benzene rings is 1. The van der Waals surface area contributed by atoms with Crippen molar-refractivity contribution in [3.63, 3.8) is 0 Å². The molecule has 0 bridgehead atoms. The molecule has 0 spiro atoms. The van der Waals surface area contributed by atoms with Crippen molar-refractivity contribution in [1.29, 1.82) is 0 Å². The summed E-state index contributed by atoms with van der Waals surface area (Å²) in [6.07, 6.45) is 15.2. The Hall–Kier alpha value is -7.26. The predicted molar refractivity (Wildman–Crippen MR) is 203 cm³/mol. The van der Waals surface area contributed by atoms with Gasteiger partial charge in [0.25, 0.3) is 0 Å². The number of dihydropyridines is 1. The smallest absolute Gasteiger partial charge is 0.339 e. The highest BCUT2D eigenvalue weighted by molar-refractivity contribution is 6.53. The zero-order chi connectivity index (χ0) is 36.7. The molecular weight excluding hydrogens is 681 g/mol. The van der Waals surface area contributed by atoms with E-state index in [9.17, 15) is 9.59 Å². The predicted octanol–water partition coefficient (Wildman–Crippen LogP) is 5.16. The zero-order valence-corrected chi connectivity index (χ0v) is 28.7. The van der Waals surface area contributed by atoms with E-state index in [4.69, 9.17) is 29.4 Å². The molecule has 54 heavy (non-hydrogen) atoms. The SMILES string of the molecule is O=C(OCC#CCOC(=O)c1ccc2nc(-c3ccccn3)c(C3=NCCC=C3)nc2c1)C1=CC2N=C(c3ccccn3)C(c3ccccn3)=NC2C=C1. The molecule has 3 aliphatic rings. The summed E-state index contributed by atoms with van der Waals surface area (Å²) in [5.74, 6) is 4.33. The van der Waals surface area contributed by atoms with Gasteiger partial charge in [0.2, 0.25) is 0 Å². The molecule has 1 aromatic carbocycles. The molecule has 4 aromatic heterocycles. The average Bonchev–Trinajstić information content (AvgIpc) is 3.24. The van der Waals surface area contributed by atoms with Crippen LogP contribution in [0.5, 0.6) is 0 Å². The number of carbonyl (C=O) groups excluding carboxylic acids is 2. The molecule has 0 saturated heterocycles. The van der Waals surface area contributed by atoms with Crippen LogP contribution in [0.2, 0.25) is 0 Å². The Kier molecular flexibility index (Phi) is 9.75. The number of carbonyl (C=O) groups is 2. The number of fused-ring (bicyclic) bond motifs is 2. The number of hydrogen-bond donors (Lipinski definition) is 0. The van der Waals surface area contributed by atoms with Crippen molar-refractivity contribution < 1.29 is 19.1 Å². The van der Waals surface area contributed by atoms with Gasteiger partial charge in [-0.05, 0) is 79.2 Å². The number of rotatable bonds is 8. The molecule has 262 valence electrons. The summed E-state index contributed by atoms with van der Waals surface area (Å²) in [6, 6.07) is 21.0. The molecule has 0 amide bonds. The van der Waals surface area contributed by atoms with Crippen LogP contribution in [0.4, 0.5) is 0 Å². The fourth-order valence-electron chi connectivity index (χ4n) is 6.00. The van der Waals surface area contributed by atoms with E-state index in [0.29, 0.717) is 74.3 Å². The number of pyridine rings is 3. The Labute approximate surface area is 309 Å². The Morgan fingerprint density at radius 2 is 1.33 bits per heavy atom. The lowest BCUT2D eigenvalue weighted by atomic mass is 9.94. The lowest BCUT2D eigenvalue weighted by Crippen LogP contribution is -2.35. The van der Waals surface area contributed by atoms with Crippen LogP contribution < -0.4 is 0 Å². The number of allylic oxidation sites excluding steroid dienone is 1. The monoisotopic (exact) mass is 710 g/mol. The van der Waals surface area contributed by atoms with Crippen LogP contribution in [0.3, 0.4) is 0 Å². The van der Waals surface area contributed by atoms with Gasteiger partial charge in [-0.1, -0.05) is 42.2 Å². The number of nitrogens with zero attached hydrogens (tertiary/aromatic N) is 8. The fourth-order valence-corrected chi connectivity index (χ4v) is 6.00. The topological polar surface area (TPSA) is 154 Å². The lowest BCUT2D eigenvalue weighted by Gasteiger charge is -2.26. The summed E-state index contributed by atoms with van der Waals surface area (Å²) in [4.78, 5) is 63.5. The van der Waals surface area contributed by atoms with E-state index in [1.165, 1.54) is 0 Å². The van der Waals surface area contributed by atoms with Crippen molar-refractivity contribution in [3.05, 3.63) is 150 Å². The van der Waals surface area contributed by atoms with Crippen LogP contribution in [-0.4, -0.2) is 85.8 Å². The molecule has 0 saturated carbocycles. The number of ether oxygens (including phenoxy) is 2. The fraction of sp³-hybridized carbons (Fsp3) is 0.143. The molecule has 2 atom stereocenters. The Morgan fingerprint density at radius 1 is 0.685 bits per heavy atom. The van der Waals surface area contributed by atoms with Crippen LogP contribution in [0, 0.1) is 11.8 Å². The highest BCUT2D eigenvalue weighted by atomic mass is 16.5. The van der Waals surface area contributed by atoms with Crippen LogP contribution >= 0.6 is 0 Å². The lowest BCUT2D eigenvalue weighted by molar-refractivity contribution is -0.137. The van der Waals surface area contributed by atoms with E-state index in [-0.39, 0.29) is 19.3 Å². The average molecular weight is 711 g/mol.